The molecule has 1 amide bonds. The average Bonchev–Trinajstić information content (AvgIpc) is 3.02. The Labute approximate surface area is 152 Å². The van der Waals surface area contributed by atoms with E-state index in [1.807, 2.05) is 41.8 Å². The SMILES string of the molecule is C=CCn1c(S[C@H](C)C(=O)N(C)CCC#N)nnc1-c1ccccc1. The van der Waals surface area contributed by atoms with Gasteiger partial charge in [0.15, 0.2) is 11.0 Å². The molecule has 0 unspecified atom stereocenters. The Hall–Kier alpha value is -2.59. The Bertz CT molecular complexity index is 766. The van der Waals surface area contributed by atoms with Crippen molar-refractivity contribution in [2.75, 3.05) is 13.6 Å². The van der Waals surface area contributed by atoms with Crippen LogP contribution in [0.25, 0.3) is 11.4 Å². The topological polar surface area (TPSA) is 74.8 Å². The summed E-state index contributed by atoms with van der Waals surface area (Å²) in [4.78, 5) is 14.0. The zero-order valence-electron chi connectivity index (χ0n) is 14.4. The number of aromatic nitrogens is 3. The molecule has 6 nitrogen and oxygen atoms in total. The van der Waals surface area contributed by atoms with Crippen molar-refractivity contribution in [2.45, 2.75) is 30.3 Å². The Balaban J connectivity index is 2.19. The van der Waals surface area contributed by atoms with Crippen LogP contribution in [-0.2, 0) is 11.3 Å². The number of allylic oxidation sites excluding steroid dienone is 1. The lowest BCUT2D eigenvalue weighted by atomic mass is 10.2. The Kier molecular flexibility index (Phi) is 6.78. The normalized spacial score (nSPS) is 11.6. The Morgan fingerprint density at radius 2 is 2.16 bits per heavy atom. The summed E-state index contributed by atoms with van der Waals surface area (Å²) in [5.74, 6) is 0.718. The summed E-state index contributed by atoms with van der Waals surface area (Å²) < 4.78 is 1.95. The van der Waals surface area contributed by atoms with E-state index in [1.54, 1.807) is 18.0 Å². The second-order valence-electron chi connectivity index (χ2n) is 5.50. The molecule has 1 heterocycles. The standard InChI is InChI=1S/C18H21N5OS/c1-4-12-23-16(15-9-6-5-7-10-15)20-21-18(23)25-14(2)17(24)22(3)13-8-11-19/h4-7,9-10,14H,1,8,12-13H2,2-3H3/t14-/m1/s1. The first-order chi connectivity index (χ1) is 12.1. The van der Waals surface area contributed by atoms with Crippen LogP contribution in [0, 0.1) is 11.3 Å². The molecule has 0 N–H and O–H groups in total. The van der Waals surface area contributed by atoms with E-state index < -0.39 is 0 Å². The van der Waals surface area contributed by atoms with Crippen LogP contribution in [0.2, 0.25) is 0 Å². The molecule has 0 spiro atoms. The third kappa shape index (κ3) is 4.70. The lowest BCUT2D eigenvalue weighted by molar-refractivity contribution is -0.128. The second-order valence-corrected chi connectivity index (χ2v) is 6.81. The van der Waals surface area contributed by atoms with Gasteiger partial charge in [-0.1, -0.05) is 48.2 Å². The molecule has 0 saturated heterocycles. The minimum Gasteiger partial charge on any atom is -0.344 e. The number of hydrogen-bond acceptors (Lipinski definition) is 5. The summed E-state index contributed by atoms with van der Waals surface area (Å²) in [6.07, 6.45) is 2.11. The number of nitriles is 1. The molecule has 0 bridgehead atoms. The average molecular weight is 355 g/mol. The first-order valence-electron chi connectivity index (χ1n) is 7.96. The molecule has 0 aliphatic rings. The van der Waals surface area contributed by atoms with Crippen LogP contribution < -0.4 is 0 Å². The molecular weight excluding hydrogens is 334 g/mol. The summed E-state index contributed by atoms with van der Waals surface area (Å²) in [7, 11) is 1.71. The molecule has 1 aromatic heterocycles. The number of nitrogens with zero attached hydrogens (tertiary/aromatic N) is 5. The largest absolute Gasteiger partial charge is 0.344 e. The maximum absolute atomic E-state index is 12.4. The zero-order valence-corrected chi connectivity index (χ0v) is 15.2. The van der Waals surface area contributed by atoms with Crippen LogP contribution in [0.4, 0.5) is 0 Å². The molecular formula is C18H21N5OS. The summed E-state index contributed by atoms with van der Waals surface area (Å²) in [5, 5.41) is 17.6. The number of rotatable bonds is 8. The van der Waals surface area contributed by atoms with Crippen LogP contribution >= 0.6 is 11.8 Å². The molecule has 130 valence electrons. The summed E-state index contributed by atoms with van der Waals surface area (Å²) in [6.45, 7) is 6.62. The second kappa shape index (κ2) is 9.04. The third-order valence-corrected chi connectivity index (χ3v) is 4.69. The predicted molar refractivity (Wildman–Crippen MR) is 98.8 cm³/mol. The zero-order chi connectivity index (χ0) is 18.2. The fraction of sp³-hybridized carbons (Fsp3) is 0.333. The van der Waals surface area contributed by atoms with Gasteiger partial charge in [0.2, 0.25) is 5.91 Å². The van der Waals surface area contributed by atoms with Gasteiger partial charge in [0.05, 0.1) is 17.7 Å². The van der Waals surface area contributed by atoms with Gasteiger partial charge in [-0.2, -0.15) is 5.26 Å². The predicted octanol–water partition coefficient (Wildman–Crippen LogP) is 2.98. The molecule has 0 fully saturated rings. The highest BCUT2D eigenvalue weighted by Gasteiger charge is 2.22. The van der Waals surface area contributed by atoms with Crippen molar-refractivity contribution in [1.82, 2.24) is 19.7 Å². The van der Waals surface area contributed by atoms with Crippen LogP contribution in [0.1, 0.15) is 13.3 Å². The number of carbonyl (C=O) groups excluding carboxylic acids is 1. The number of thioether (sulfide) groups is 1. The quantitative estimate of drug-likeness (QED) is 0.537. The summed E-state index contributed by atoms with van der Waals surface area (Å²) in [6, 6.07) is 11.8. The van der Waals surface area contributed by atoms with Crippen molar-refractivity contribution < 1.29 is 4.79 Å². The minimum atomic E-state index is -0.319. The van der Waals surface area contributed by atoms with E-state index >= 15 is 0 Å². The van der Waals surface area contributed by atoms with Crippen molar-refractivity contribution in [3.8, 4) is 17.5 Å². The van der Waals surface area contributed by atoms with E-state index in [4.69, 9.17) is 5.26 Å². The fourth-order valence-corrected chi connectivity index (χ4v) is 3.29. The molecule has 0 radical (unpaired) electrons. The lowest BCUT2D eigenvalue weighted by Gasteiger charge is -2.19. The molecule has 25 heavy (non-hydrogen) atoms. The highest BCUT2D eigenvalue weighted by molar-refractivity contribution is 8.00. The number of benzene rings is 1. The van der Waals surface area contributed by atoms with Gasteiger partial charge in [-0.25, -0.2) is 0 Å². The maximum Gasteiger partial charge on any atom is 0.235 e. The molecule has 2 rings (SSSR count). The van der Waals surface area contributed by atoms with E-state index in [0.29, 0.717) is 24.7 Å². The van der Waals surface area contributed by atoms with E-state index in [0.717, 1.165) is 11.4 Å². The van der Waals surface area contributed by atoms with Crippen LogP contribution in [0.5, 0.6) is 0 Å². The number of amides is 1. The molecule has 0 aliphatic heterocycles. The van der Waals surface area contributed by atoms with E-state index in [2.05, 4.69) is 22.8 Å². The minimum absolute atomic E-state index is 0.0327. The van der Waals surface area contributed by atoms with Gasteiger partial charge in [-0.3, -0.25) is 9.36 Å². The fourth-order valence-electron chi connectivity index (χ4n) is 2.32. The third-order valence-electron chi connectivity index (χ3n) is 3.63. The van der Waals surface area contributed by atoms with Gasteiger partial charge in [0.1, 0.15) is 0 Å². The number of carbonyl (C=O) groups is 1. The highest BCUT2D eigenvalue weighted by Crippen LogP contribution is 2.27. The van der Waals surface area contributed by atoms with Gasteiger partial charge in [0, 0.05) is 25.7 Å². The molecule has 1 atom stereocenters. The summed E-state index contributed by atoms with van der Waals surface area (Å²) in [5.41, 5.74) is 0.966. The van der Waals surface area contributed by atoms with Crippen molar-refractivity contribution in [3.05, 3.63) is 43.0 Å². The van der Waals surface area contributed by atoms with Gasteiger partial charge in [0.25, 0.3) is 0 Å². The Morgan fingerprint density at radius 1 is 1.44 bits per heavy atom. The summed E-state index contributed by atoms with van der Waals surface area (Å²) >= 11 is 1.36. The molecule has 0 aliphatic carbocycles. The van der Waals surface area contributed by atoms with Gasteiger partial charge in [-0.15, -0.1) is 16.8 Å². The van der Waals surface area contributed by atoms with Crippen LogP contribution in [-0.4, -0.2) is 44.4 Å². The molecule has 1 aromatic carbocycles. The smallest absolute Gasteiger partial charge is 0.235 e. The van der Waals surface area contributed by atoms with E-state index in [9.17, 15) is 4.79 Å². The monoisotopic (exact) mass is 355 g/mol. The first kappa shape index (κ1) is 18.7. The van der Waals surface area contributed by atoms with Gasteiger partial charge >= 0.3 is 0 Å². The van der Waals surface area contributed by atoms with Gasteiger partial charge in [-0.05, 0) is 6.92 Å². The maximum atomic E-state index is 12.4. The lowest BCUT2D eigenvalue weighted by Crippen LogP contribution is -2.34. The van der Waals surface area contributed by atoms with Crippen molar-refractivity contribution in [2.24, 2.45) is 0 Å². The highest BCUT2D eigenvalue weighted by atomic mass is 32.2. The van der Waals surface area contributed by atoms with Gasteiger partial charge < -0.3 is 4.90 Å². The van der Waals surface area contributed by atoms with Crippen molar-refractivity contribution in [3.63, 3.8) is 0 Å². The molecule has 0 saturated carbocycles. The van der Waals surface area contributed by atoms with Crippen LogP contribution in [0.3, 0.4) is 0 Å². The Morgan fingerprint density at radius 3 is 2.80 bits per heavy atom. The van der Waals surface area contributed by atoms with E-state index in [1.165, 1.54) is 11.8 Å². The van der Waals surface area contributed by atoms with E-state index in [-0.39, 0.29) is 11.2 Å². The number of hydrogen-bond donors (Lipinski definition) is 0. The van der Waals surface area contributed by atoms with Crippen molar-refractivity contribution in [1.29, 1.82) is 5.26 Å². The first-order valence-corrected chi connectivity index (χ1v) is 8.84. The van der Waals surface area contributed by atoms with Crippen molar-refractivity contribution >= 4 is 17.7 Å². The van der Waals surface area contributed by atoms with Crippen LogP contribution in [0.15, 0.2) is 48.1 Å². The molecule has 7 heteroatoms. The molecule has 2 aromatic rings.